The monoisotopic (exact) mass is 253 g/mol. The number of benzene rings is 4. The topological polar surface area (TPSA) is 0 Å². The molecule has 0 saturated heterocycles. The SMILES string of the molecule is [c]1ccc2cc3cc(-c4ccccc4)ccc3cc2c1. The summed E-state index contributed by atoms with van der Waals surface area (Å²) in [7, 11) is 0. The van der Waals surface area contributed by atoms with Crippen LogP contribution in [0.25, 0.3) is 32.7 Å². The van der Waals surface area contributed by atoms with E-state index in [9.17, 15) is 0 Å². The molecular weight excluding hydrogens is 240 g/mol. The third kappa shape index (κ3) is 1.86. The second-order valence-electron chi connectivity index (χ2n) is 5.05. The summed E-state index contributed by atoms with van der Waals surface area (Å²) in [4.78, 5) is 0. The zero-order valence-electron chi connectivity index (χ0n) is 11.0. The van der Waals surface area contributed by atoms with Crippen LogP contribution < -0.4 is 0 Å². The highest BCUT2D eigenvalue weighted by Crippen LogP contribution is 2.27. The molecule has 0 fully saturated rings. The first-order valence-corrected chi connectivity index (χ1v) is 6.79. The van der Waals surface area contributed by atoms with Gasteiger partial charge in [-0.25, -0.2) is 0 Å². The van der Waals surface area contributed by atoms with Crippen LogP contribution in [0.3, 0.4) is 0 Å². The minimum Gasteiger partial charge on any atom is -0.0622 e. The summed E-state index contributed by atoms with van der Waals surface area (Å²) < 4.78 is 0. The molecule has 93 valence electrons. The Kier molecular flexibility index (Phi) is 2.53. The largest absolute Gasteiger partial charge is 0.0622 e. The Labute approximate surface area is 118 Å². The fourth-order valence-electron chi connectivity index (χ4n) is 2.69. The van der Waals surface area contributed by atoms with E-state index in [2.05, 4.69) is 72.8 Å². The smallest absolute Gasteiger partial charge is 0.0171 e. The van der Waals surface area contributed by atoms with Crippen molar-refractivity contribution in [1.82, 2.24) is 0 Å². The Bertz CT molecular complexity index is 889. The molecule has 0 atom stereocenters. The Balaban J connectivity index is 1.97. The van der Waals surface area contributed by atoms with Gasteiger partial charge in [0.15, 0.2) is 0 Å². The molecule has 1 radical (unpaired) electrons. The molecule has 0 nitrogen and oxygen atoms in total. The molecule has 0 aromatic heterocycles. The van der Waals surface area contributed by atoms with E-state index in [4.69, 9.17) is 0 Å². The van der Waals surface area contributed by atoms with E-state index in [-0.39, 0.29) is 0 Å². The van der Waals surface area contributed by atoms with E-state index in [1.807, 2.05) is 12.1 Å². The second-order valence-corrected chi connectivity index (χ2v) is 5.05. The van der Waals surface area contributed by atoms with E-state index >= 15 is 0 Å². The lowest BCUT2D eigenvalue weighted by atomic mass is 9.99. The summed E-state index contributed by atoms with van der Waals surface area (Å²) in [6, 6.07) is 30.9. The molecule has 0 N–H and O–H groups in total. The average Bonchev–Trinajstić information content (AvgIpc) is 2.53. The third-order valence-electron chi connectivity index (χ3n) is 3.75. The summed E-state index contributed by atoms with van der Waals surface area (Å²) in [5, 5.41) is 5.07. The molecule has 20 heavy (non-hydrogen) atoms. The van der Waals surface area contributed by atoms with Gasteiger partial charge in [-0.1, -0.05) is 54.6 Å². The number of hydrogen-bond donors (Lipinski definition) is 0. The van der Waals surface area contributed by atoms with Crippen molar-refractivity contribution in [3.05, 3.63) is 84.9 Å². The highest BCUT2D eigenvalue weighted by molar-refractivity contribution is 5.99. The van der Waals surface area contributed by atoms with Gasteiger partial charge in [0, 0.05) is 0 Å². The minimum absolute atomic E-state index is 1.24. The molecule has 4 aromatic rings. The zero-order valence-corrected chi connectivity index (χ0v) is 11.0. The van der Waals surface area contributed by atoms with Crippen LogP contribution in [-0.2, 0) is 0 Å². The molecule has 0 aliphatic heterocycles. The average molecular weight is 253 g/mol. The fraction of sp³-hybridized carbons (Fsp3) is 0. The summed E-state index contributed by atoms with van der Waals surface area (Å²) in [5.74, 6) is 0. The van der Waals surface area contributed by atoms with E-state index in [1.165, 1.54) is 32.7 Å². The van der Waals surface area contributed by atoms with Crippen molar-refractivity contribution in [1.29, 1.82) is 0 Å². The molecule has 0 aliphatic rings. The Morgan fingerprint density at radius 1 is 0.550 bits per heavy atom. The summed E-state index contributed by atoms with van der Waals surface area (Å²) in [5.41, 5.74) is 2.52. The predicted octanol–water partition coefficient (Wildman–Crippen LogP) is 5.46. The van der Waals surface area contributed by atoms with E-state index < -0.39 is 0 Å². The summed E-state index contributed by atoms with van der Waals surface area (Å²) in [6.45, 7) is 0. The van der Waals surface area contributed by atoms with Gasteiger partial charge in [-0.2, -0.15) is 0 Å². The van der Waals surface area contributed by atoms with Gasteiger partial charge in [-0.15, -0.1) is 0 Å². The number of rotatable bonds is 1. The standard InChI is InChI=1S/C20H13/c1-2-6-15(7-3-1)18-10-11-19-12-16-8-4-5-9-17(16)13-20(19)14-18/h1-3,5-14H. The van der Waals surface area contributed by atoms with Crippen LogP contribution in [0.4, 0.5) is 0 Å². The quantitative estimate of drug-likeness (QED) is 0.395. The van der Waals surface area contributed by atoms with Crippen LogP contribution in [0, 0.1) is 6.07 Å². The van der Waals surface area contributed by atoms with Gasteiger partial charge in [0.2, 0.25) is 0 Å². The Morgan fingerprint density at radius 2 is 1.35 bits per heavy atom. The molecular formula is C20H13. The first-order chi connectivity index (χ1) is 9.90. The minimum atomic E-state index is 1.24. The van der Waals surface area contributed by atoms with Gasteiger partial charge >= 0.3 is 0 Å². The van der Waals surface area contributed by atoms with Crippen LogP contribution >= 0.6 is 0 Å². The maximum Gasteiger partial charge on any atom is -0.0171 e. The number of hydrogen-bond acceptors (Lipinski definition) is 0. The predicted molar refractivity (Wildman–Crippen MR) is 85.7 cm³/mol. The third-order valence-corrected chi connectivity index (χ3v) is 3.75. The van der Waals surface area contributed by atoms with Crippen molar-refractivity contribution in [2.45, 2.75) is 0 Å². The van der Waals surface area contributed by atoms with Gasteiger partial charge in [0.05, 0.1) is 0 Å². The van der Waals surface area contributed by atoms with Crippen molar-refractivity contribution >= 4 is 21.5 Å². The Hall–Kier alpha value is -2.60. The van der Waals surface area contributed by atoms with Gasteiger partial charge in [0.1, 0.15) is 0 Å². The van der Waals surface area contributed by atoms with Gasteiger partial charge in [-0.05, 0) is 63.0 Å². The molecule has 0 aliphatic carbocycles. The molecule has 0 heterocycles. The molecule has 0 bridgehead atoms. The highest BCUT2D eigenvalue weighted by atomic mass is 14.1. The van der Waals surface area contributed by atoms with Crippen molar-refractivity contribution in [2.75, 3.05) is 0 Å². The van der Waals surface area contributed by atoms with E-state index in [1.54, 1.807) is 0 Å². The lowest BCUT2D eigenvalue weighted by Crippen LogP contribution is -1.80. The van der Waals surface area contributed by atoms with E-state index in [0.29, 0.717) is 0 Å². The normalized spacial score (nSPS) is 11.0. The molecule has 0 saturated carbocycles. The molecule has 0 unspecified atom stereocenters. The first-order valence-electron chi connectivity index (χ1n) is 6.79. The van der Waals surface area contributed by atoms with E-state index in [0.717, 1.165) is 0 Å². The molecule has 0 spiro atoms. The highest BCUT2D eigenvalue weighted by Gasteiger charge is 2.01. The summed E-state index contributed by atoms with van der Waals surface area (Å²) >= 11 is 0. The maximum atomic E-state index is 3.14. The first kappa shape index (κ1) is 11.2. The lowest BCUT2D eigenvalue weighted by Gasteiger charge is -2.06. The molecule has 4 aromatic carbocycles. The maximum absolute atomic E-state index is 3.14. The van der Waals surface area contributed by atoms with Gasteiger partial charge in [0.25, 0.3) is 0 Å². The van der Waals surface area contributed by atoms with Crippen molar-refractivity contribution in [2.24, 2.45) is 0 Å². The second kappa shape index (κ2) is 4.50. The molecule has 0 heteroatoms. The van der Waals surface area contributed by atoms with Gasteiger partial charge in [-0.3, -0.25) is 0 Å². The number of fused-ring (bicyclic) bond motifs is 2. The van der Waals surface area contributed by atoms with Crippen LogP contribution in [0.15, 0.2) is 78.9 Å². The summed E-state index contributed by atoms with van der Waals surface area (Å²) in [6.07, 6.45) is 0. The Morgan fingerprint density at radius 3 is 2.25 bits per heavy atom. The molecule has 0 amide bonds. The van der Waals surface area contributed by atoms with Crippen LogP contribution in [0.2, 0.25) is 0 Å². The zero-order chi connectivity index (χ0) is 13.4. The fourth-order valence-corrected chi connectivity index (χ4v) is 2.69. The van der Waals surface area contributed by atoms with Crippen molar-refractivity contribution in [3.8, 4) is 11.1 Å². The lowest BCUT2D eigenvalue weighted by molar-refractivity contribution is 1.65. The van der Waals surface area contributed by atoms with Crippen LogP contribution in [0.5, 0.6) is 0 Å². The van der Waals surface area contributed by atoms with Crippen molar-refractivity contribution in [3.63, 3.8) is 0 Å². The van der Waals surface area contributed by atoms with Gasteiger partial charge < -0.3 is 0 Å². The molecule has 4 rings (SSSR count). The van der Waals surface area contributed by atoms with Crippen molar-refractivity contribution < 1.29 is 0 Å². The van der Waals surface area contributed by atoms with Crippen LogP contribution in [0.1, 0.15) is 0 Å². The van der Waals surface area contributed by atoms with Crippen LogP contribution in [-0.4, -0.2) is 0 Å².